The molecular weight excluding hydrogens is 161 g/mol. The van der Waals surface area contributed by atoms with Gasteiger partial charge in [0.15, 0.2) is 0 Å². The third-order valence-corrected chi connectivity index (χ3v) is 0. The molecule has 7 heavy (non-hydrogen) atoms. The Morgan fingerprint density at radius 3 is 1.00 bits per heavy atom. The Hall–Kier alpha value is 1.10. The van der Waals surface area contributed by atoms with Crippen LogP contribution in [0.3, 0.4) is 0 Å². The van der Waals surface area contributed by atoms with Crippen molar-refractivity contribution in [3.8, 4) is 0 Å². The van der Waals surface area contributed by atoms with Crippen LogP contribution in [0.2, 0.25) is 0 Å². The van der Waals surface area contributed by atoms with Crippen molar-refractivity contribution in [1.29, 1.82) is 0 Å². The molecule has 1 heteroatoms. The quantitative estimate of drug-likeness (QED) is 0.496. The minimum atomic E-state index is 0. The van der Waals surface area contributed by atoms with E-state index in [0.717, 1.165) is 12.8 Å². The first-order valence-corrected chi connectivity index (χ1v) is 2.41. The summed E-state index contributed by atoms with van der Waals surface area (Å²) < 4.78 is 0. The zero-order valence-electron chi connectivity index (χ0n) is 5.41. The monoisotopic (exact) mass is 175 g/mol. The van der Waals surface area contributed by atoms with Crippen LogP contribution in [-0.4, -0.2) is 0 Å². The van der Waals surface area contributed by atoms with E-state index in [-0.39, 0.29) is 32.7 Å². The maximum Gasteiger partial charge on any atom is 3.00 e. The van der Waals surface area contributed by atoms with E-state index < -0.39 is 0 Å². The van der Waals surface area contributed by atoms with E-state index in [4.69, 9.17) is 0 Å². The first kappa shape index (κ1) is 15.7. The molecule has 0 radical (unpaired) electrons. The Bertz CT molecular complexity index is 6.14. The largest absolute Gasteiger partial charge is 3.00 e. The van der Waals surface area contributed by atoms with E-state index in [2.05, 4.69) is 13.8 Å². The molecule has 0 aromatic carbocycles. The van der Waals surface area contributed by atoms with Crippen LogP contribution < -0.4 is 0 Å². The van der Waals surface area contributed by atoms with Crippen molar-refractivity contribution >= 4 is 0 Å². The Labute approximate surface area is 73.0 Å². The van der Waals surface area contributed by atoms with Gasteiger partial charge in [0.25, 0.3) is 0 Å². The average molecular weight is 175 g/mol. The fourth-order valence-electron chi connectivity index (χ4n) is 0. The van der Waals surface area contributed by atoms with Crippen LogP contribution in [0.15, 0.2) is 0 Å². The third kappa shape index (κ3) is 152. The molecule has 0 aliphatic heterocycles. The van der Waals surface area contributed by atoms with Gasteiger partial charge in [0.1, 0.15) is 0 Å². The Morgan fingerprint density at radius 2 is 1.00 bits per heavy atom. The van der Waals surface area contributed by atoms with Crippen LogP contribution in [0, 0.1) is 13.8 Å². The van der Waals surface area contributed by atoms with Gasteiger partial charge in [-0.2, -0.15) is 12.8 Å². The van der Waals surface area contributed by atoms with Gasteiger partial charge in [0.2, 0.25) is 0 Å². The van der Waals surface area contributed by atoms with Crippen molar-refractivity contribution < 1.29 is 32.7 Å². The number of hydrogen-bond acceptors (Lipinski definition) is 0. The number of rotatable bonds is 0. The molecule has 0 aliphatic rings. The molecular formula is C6H14Y+. The molecule has 40 valence electrons. The zero-order valence-corrected chi connectivity index (χ0v) is 8.24. The van der Waals surface area contributed by atoms with Gasteiger partial charge in [-0.1, -0.05) is 13.8 Å². The summed E-state index contributed by atoms with van der Waals surface area (Å²) in [5.41, 5.74) is 0. The van der Waals surface area contributed by atoms with E-state index in [1.54, 1.807) is 0 Å². The minimum Gasteiger partial charge on any atom is -0.344 e. The van der Waals surface area contributed by atoms with Crippen LogP contribution in [-0.2, 0) is 32.7 Å². The maximum absolute atomic E-state index is 3.49. The van der Waals surface area contributed by atoms with E-state index in [9.17, 15) is 0 Å². The third-order valence-electron chi connectivity index (χ3n) is 0. The fourth-order valence-corrected chi connectivity index (χ4v) is 0. The SMILES string of the molecule is [CH2-]CC.[CH2-]CC.[Y+3]. The predicted octanol–water partition coefficient (Wildman–Crippen LogP) is 2.46. The van der Waals surface area contributed by atoms with E-state index in [1.807, 2.05) is 13.8 Å². The normalized spacial score (nSPS) is 5.14. The second-order valence-electron chi connectivity index (χ2n) is 1.000. The molecule has 0 saturated carbocycles. The molecule has 0 aromatic rings. The second-order valence-corrected chi connectivity index (χ2v) is 1.000. The molecule has 0 unspecified atom stereocenters. The smallest absolute Gasteiger partial charge is 0.344 e. The van der Waals surface area contributed by atoms with Crippen LogP contribution in [0.1, 0.15) is 26.7 Å². The van der Waals surface area contributed by atoms with Crippen molar-refractivity contribution in [3.05, 3.63) is 13.8 Å². The van der Waals surface area contributed by atoms with Crippen LogP contribution in [0.5, 0.6) is 0 Å². The molecule has 0 atom stereocenters. The summed E-state index contributed by atoms with van der Waals surface area (Å²) >= 11 is 0. The Morgan fingerprint density at radius 1 is 1.00 bits per heavy atom. The summed E-state index contributed by atoms with van der Waals surface area (Å²) in [7, 11) is 0. The van der Waals surface area contributed by atoms with Gasteiger partial charge in [-0.05, 0) is 0 Å². The van der Waals surface area contributed by atoms with E-state index >= 15 is 0 Å². The molecule has 0 aromatic heterocycles. The molecule has 0 N–H and O–H groups in total. The van der Waals surface area contributed by atoms with Gasteiger partial charge in [-0.15, -0.1) is 0 Å². The first-order chi connectivity index (χ1) is 2.83. The van der Waals surface area contributed by atoms with Gasteiger partial charge < -0.3 is 13.8 Å². The summed E-state index contributed by atoms with van der Waals surface area (Å²) in [6.45, 7) is 11.0. The van der Waals surface area contributed by atoms with Crippen molar-refractivity contribution in [3.63, 3.8) is 0 Å². The average Bonchev–Trinajstić information content (AvgIpc) is 1.39. The molecule has 0 rings (SSSR count). The Balaban J connectivity index is -0.0000000400. The van der Waals surface area contributed by atoms with Crippen LogP contribution >= 0.6 is 0 Å². The summed E-state index contributed by atoms with van der Waals surface area (Å²) in [4.78, 5) is 0. The van der Waals surface area contributed by atoms with E-state index in [0.29, 0.717) is 0 Å². The van der Waals surface area contributed by atoms with Crippen LogP contribution in [0.4, 0.5) is 0 Å². The maximum atomic E-state index is 3.49. The number of hydrogen-bond donors (Lipinski definition) is 0. The molecule has 0 amide bonds. The summed E-state index contributed by atoms with van der Waals surface area (Å²) in [5.74, 6) is 0. The van der Waals surface area contributed by atoms with Crippen molar-refractivity contribution in [2.45, 2.75) is 26.7 Å². The fraction of sp³-hybridized carbons (Fsp3) is 0.667. The molecule has 0 fully saturated rings. The molecule has 0 nitrogen and oxygen atoms in total. The standard InChI is InChI=1S/2C3H7.Y/c2*1-3-2;/h2*1,3H2,2H3;/q2*-1;+3. The summed E-state index contributed by atoms with van der Waals surface area (Å²) in [5, 5.41) is 0. The molecule has 0 saturated heterocycles. The molecule has 0 bridgehead atoms. The second kappa shape index (κ2) is 27.5. The molecule has 0 aliphatic carbocycles. The van der Waals surface area contributed by atoms with Crippen molar-refractivity contribution in [2.75, 3.05) is 0 Å². The van der Waals surface area contributed by atoms with Gasteiger partial charge in [-0.3, -0.25) is 0 Å². The topological polar surface area (TPSA) is 0 Å². The minimum absolute atomic E-state index is 0. The van der Waals surface area contributed by atoms with Gasteiger partial charge >= 0.3 is 32.7 Å². The van der Waals surface area contributed by atoms with Crippen molar-refractivity contribution in [2.24, 2.45) is 0 Å². The summed E-state index contributed by atoms with van der Waals surface area (Å²) in [6, 6.07) is 0. The van der Waals surface area contributed by atoms with Gasteiger partial charge in [0.05, 0.1) is 0 Å². The van der Waals surface area contributed by atoms with E-state index in [1.165, 1.54) is 0 Å². The van der Waals surface area contributed by atoms with Gasteiger partial charge in [-0.25, -0.2) is 0 Å². The van der Waals surface area contributed by atoms with Gasteiger partial charge in [0, 0.05) is 0 Å². The first-order valence-electron chi connectivity index (χ1n) is 2.41. The predicted molar refractivity (Wildman–Crippen MR) is 31.3 cm³/mol. The molecule has 0 heterocycles. The van der Waals surface area contributed by atoms with Crippen molar-refractivity contribution in [1.82, 2.24) is 0 Å². The zero-order chi connectivity index (χ0) is 5.41. The molecule has 0 spiro atoms. The Kier molecular flexibility index (Phi) is 61.6. The summed E-state index contributed by atoms with van der Waals surface area (Å²) in [6.07, 6.45) is 2.00. The van der Waals surface area contributed by atoms with Crippen LogP contribution in [0.25, 0.3) is 0 Å².